The summed E-state index contributed by atoms with van der Waals surface area (Å²) >= 11 is 7.68. The Morgan fingerprint density at radius 2 is 2.10 bits per heavy atom. The Hall–Kier alpha value is -0.0900. The van der Waals surface area contributed by atoms with Gasteiger partial charge in [0.25, 0.3) is 0 Å². The zero-order chi connectivity index (χ0) is 14.9. The van der Waals surface area contributed by atoms with E-state index in [9.17, 15) is 0 Å². The van der Waals surface area contributed by atoms with Crippen LogP contribution < -0.4 is 5.73 Å². The van der Waals surface area contributed by atoms with Crippen molar-refractivity contribution in [3.63, 3.8) is 0 Å². The highest BCUT2D eigenvalue weighted by atomic mass is 35.5. The highest BCUT2D eigenvalue weighted by Crippen LogP contribution is 2.44. The summed E-state index contributed by atoms with van der Waals surface area (Å²) in [5.41, 5.74) is 6.57. The molecule has 0 saturated heterocycles. The molecule has 0 aromatic carbocycles. The van der Waals surface area contributed by atoms with E-state index in [1.807, 2.05) is 6.07 Å². The van der Waals surface area contributed by atoms with Crippen molar-refractivity contribution in [1.29, 1.82) is 0 Å². The lowest BCUT2D eigenvalue weighted by Crippen LogP contribution is -2.49. The summed E-state index contributed by atoms with van der Waals surface area (Å²) in [7, 11) is 2.21. The van der Waals surface area contributed by atoms with Crippen molar-refractivity contribution >= 4 is 22.9 Å². The fourth-order valence-corrected chi connectivity index (χ4v) is 4.58. The van der Waals surface area contributed by atoms with Gasteiger partial charge in [-0.05, 0) is 49.3 Å². The molecule has 1 aromatic heterocycles. The predicted molar refractivity (Wildman–Crippen MR) is 89.3 cm³/mol. The van der Waals surface area contributed by atoms with E-state index in [1.54, 1.807) is 11.3 Å². The van der Waals surface area contributed by atoms with Crippen LogP contribution in [0.25, 0.3) is 0 Å². The van der Waals surface area contributed by atoms with Gasteiger partial charge in [0.2, 0.25) is 0 Å². The van der Waals surface area contributed by atoms with E-state index in [0.29, 0.717) is 17.4 Å². The number of thiophene rings is 1. The molecule has 114 valence electrons. The SMILES string of the molecule is CC1C(N)CCC(CN(C)Cc2ccc(Cl)s2)C1(C)C. The van der Waals surface area contributed by atoms with Gasteiger partial charge in [-0.2, -0.15) is 0 Å². The largest absolute Gasteiger partial charge is 0.327 e. The molecule has 1 fully saturated rings. The van der Waals surface area contributed by atoms with E-state index >= 15 is 0 Å². The predicted octanol–water partition coefficient (Wildman–Crippen LogP) is 4.23. The van der Waals surface area contributed by atoms with Crippen molar-refractivity contribution in [2.24, 2.45) is 23.0 Å². The minimum Gasteiger partial charge on any atom is -0.327 e. The fraction of sp³-hybridized carbons (Fsp3) is 0.750. The number of nitrogens with two attached hydrogens (primary N) is 1. The number of hydrogen-bond acceptors (Lipinski definition) is 3. The highest BCUT2D eigenvalue weighted by molar-refractivity contribution is 7.16. The Balaban J connectivity index is 1.95. The molecule has 4 heteroatoms. The first kappa shape index (κ1) is 16.3. The number of hydrogen-bond donors (Lipinski definition) is 1. The summed E-state index contributed by atoms with van der Waals surface area (Å²) < 4.78 is 0.881. The zero-order valence-electron chi connectivity index (χ0n) is 13.0. The monoisotopic (exact) mass is 314 g/mol. The molecular formula is C16H27ClN2S. The normalized spacial score (nSPS) is 29.9. The van der Waals surface area contributed by atoms with Crippen LogP contribution in [-0.2, 0) is 6.54 Å². The van der Waals surface area contributed by atoms with Gasteiger partial charge in [-0.15, -0.1) is 11.3 Å². The maximum absolute atomic E-state index is 6.25. The van der Waals surface area contributed by atoms with Crippen LogP contribution in [0.2, 0.25) is 4.34 Å². The van der Waals surface area contributed by atoms with Crippen LogP contribution in [0.1, 0.15) is 38.5 Å². The molecule has 2 N–H and O–H groups in total. The van der Waals surface area contributed by atoms with E-state index in [-0.39, 0.29) is 0 Å². The van der Waals surface area contributed by atoms with Crippen molar-refractivity contribution in [3.05, 3.63) is 21.3 Å². The lowest BCUT2D eigenvalue weighted by Gasteiger charge is -2.48. The highest BCUT2D eigenvalue weighted by Gasteiger charge is 2.41. The number of rotatable bonds is 4. The van der Waals surface area contributed by atoms with Crippen molar-refractivity contribution in [2.45, 2.75) is 46.2 Å². The summed E-state index contributed by atoms with van der Waals surface area (Å²) in [4.78, 5) is 3.77. The molecule has 3 atom stereocenters. The molecule has 0 aliphatic heterocycles. The molecule has 0 spiro atoms. The van der Waals surface area contributed by atoms with Crippen LogP contribution >= 0.6 is 22.9 Å². The summed E-state index contributed by atoms with van der Waals surface area (Å²) in [5.74, 6) is 1.31. The molecule has 3 unspecified atom stereocenters. The average Bonchev–Trinajstić information content (AvgIpc) is 2.76. The Bertz CT molecular complexity index is 443. The molecule has 2 nitrogen and oxygen atoms in total. The van der Waals surface area contributed by atoms with Gasteiger partial charge in [-0.3, -0.25) is 0 Å². The summed E-state index contributed by atoms with van der Waals surface area (Å²) in [6.45, 7) is 9.22. The molecule has 1 aliphatic rings. The topological polar surface area (TPSA) is 29.3 Å². The van der Waals surface area contributed by atoms with Gasteiger partial charge >= 0.3 is 0 Å². The quantitative estimate of drug-likeness (QED) is 0.901. The Labute approximate surface area is 132 Å². The van der Waals surface area contributed by atoms with Gasteiger partial charge in [0, 0.05) is 24.0 Å². The lowest BCUT2D eigenvalue weighted by molar-refractivity contribution is 0.0326. The van der Waals surface area contributed by atoms with Gasteiger partial charge in [0.1, 0.15) is 0 Å². The van der Waals surface area contributed by atoms with Gasteiger partial charge in [0.05, 0.1) is 4.34 Å². The first-order chi connectivity index (χ1) is 9.30. The van der Waals surface area contributed by atoms with Gasteiger partial charge in [0.15, 0.2) is 0 Å². The Morgan fingerprint density at radius 3 is 2.70 bits per heavy atom. The third kappa shape index (κ3) is 3.56. The van der Waals surface area contributed by atoms with E-state index in [2.05, 4.69) is 38.8 Å². The van der Waals surface area contributed by atoms with Crippen molar-refractivity contribution in [2.75, 3.05) is 13.6 Å². The van der Waals surface area contributed by atoms with Crippen LogP contribution in [0.5, 0.6) is 0 Å². The lowest BCUT2D eigenvalue weighted by atomic mass is 9.61. The zero-order valence-corrected chi connectivity index (χ0v) is 14.6. The molecular weight excluding hydrogens is 288 g/mol. The van der Waals surface area contributed by atoms with Gasteiger partial charge < -0.3 is 10.6 Å². The summed E-state index contributed by atoms with van der Waals surface area (Å²) in [6, 6.07) is 4.48. The first-order valence-electron chi connectivity index (χ1n) is 7.49. The minimum atomic E-state index is 0.318. The van der Waals surface area contributed by atoms with Gasteiger partial charge in [-0.1, -0.05) is 32.4 Å². The molecule has 2 rings (SSSR count). The molecule has 1 aromatic rings. The average molecular weight is 315 g/mol. The third-order valence-electron chi connectivity index (χ3n) is 5.30. The smallest absolute Gasteiger partial charge is 0.0931 e. The first-order valence-corrected chi connectivity index (χ1v) is 8.68. The number of halogens is 1. The second-order valence-corrected chi connectivity index (χ2v) is 8.75. The standard InChI is InChI=1S/C16H27ClN2S/c1-11-14(18)7-5-12(16(11,2)3)9-19(4)10-13-6-8-15(17)20-13/h6,8,11-12,14H,5,7,9-10,18H2,1-4H3. The minimum absolute atomic E-state index is 0.318. The van der Waals surface area contributed by atoms with Crippen molar-refractivity contribution in [1.82, 2.24) is 4.90 Å². The molecule has 0 radical (unpaired) electrons. The summed E-state index contributed by atoms with van der Waals surface area (Å²) in [5, 5.41) is 0. The molecule has 1 heterocycles. The molecule has 20 heavy (non-hydrogen) atoms. The van der Waals surface area contributed by atoms with E-state index in [1.165, 1.54) is 11.3 Å². The maximum atomic E-state index is 6.25. The van der Waals surface area contributed by atoms with E-state index in [4.69, 9.17) is 17.3 Å². The van der Waals surface area contributed by atoms with Crippen LogP contribution in [0.4, 0.5) is 0 Å². The molecule has 0 amide bonds. The van der Waals surface area contributed by atoms with Crippen LogP contribution in [0, 0.1) is 17.3 Å². The second-order valence-electron chi connectivity index (χ2n) is 6.95. The fourth-order valence-electron chi connectivity index (χ4n) is 3.41. The molecule has 1 aliphatic carbocycles. The Morgan fingerprint density at radius 1 is 1.40 bits per heavy atom. The second kappa shape index (κ2) is 6.35. The van der Waals surface area contributed by atoms with Crippen molar-refractivity contribution < 1.29 is 0 Å². The Kier molecular flexibility index (Phi) is 5.17. The van der Waals surface area contributed by atoms with Gasteiger partial charge in [-0.25, -0.2) is 0 Å². The van der Waals surface area contributed by atoms with Crippen LogP contribution in [-0.4, -0.2) is 24.5 Å². The van der Waals surface area contributed by atoms with Crippen LogP contribution in [0.15, 0.2) is 12.1 Å². The number of nitrogens with zero attached hydrogens (tertiary/aromatic N) is 1. The van der Waals surface area contributed by atoms with E-state index in [0.717, 1.165) is 29.8 Å². The molecule has 0 bridgehead atoms. The molecule has 1 saturated carbocycles. The van der Waals surface area contributed by atoms with E-state index < -0.39 is 0 Å². The van der Waals surface area contributed by atoms with Crippen molar-refractivity contribution in [3.8, 4) is 0 Å². The summed E-state index contributed by atoms with van der Waals surface area (Å²) in [6.07, 6.45) is 2.40. The third-order valence-corrected chi connectivity index (χ3v) is 6.52. The maximum Gasteiger partial charge on any atom is 0.0931 e. The van der Waals surface area contributed by atoms with Crippen LogP contribution in [0.3, 0.4) is 0 Å².